The number of methoxy groups -OCH3 is 2. The minimum atomic E-state index is -0.00289. The largest absolute Gasteiger partial charge is 0.508 e. The summed E-state index contributed by atoms with van der Waals surface area (Å²) in [5.41, 5.74) is 6.97. The van der Waals surface area contributed by atoms with Gasteiger partial charge in [0.2, 0.25) is 0 Å². The fourth-order valence-corrected chi connectivity index (χ4v) is 7.34. The van der Waals surface area contributed by atoms with E-state index in [1.54, 1.807) is 38.5 Å². The van der Waals surface area contributed by atoms with Crippen molar-refractivity contribution in [2.24, 2.45) is 0 Å². The smallest absolute Gasteiger partial charge is 0.477 e. The van der Waals surface area contributed by atoms with Crippen LogP contribution in [0, 0.1) is 4.91 Å². The first kappa shape index (κ1) is 41.5. The van der Waals surface area contributed by atoms with Crippen molar-refractivity contribution in [3.63, 3.8) is 0 Å². The van der Waals surface area contributed by atoms with E-state index in [1.165, 1.54) is 0 Å². The van der Waals surface area contributed by atoms with E-state index in [-0.39, 0.29) is 41.6 Å². The Hall–Kier alpha value is -6.18. The number of carbonyl (C=O) groups excluding carboxylic acids is 2. The molecule has 0 saturated carbocycles. The molecule has 6 rings (SSSR count). The van der Waals surface area contributed by atoms with E-state index >= 15 is 0 Å². The van der Waals surface area contributed by atoms with Crippen molar-refractivity contribution < 1.29 is 44.0 Å². The average molecular weight is 797 g/mol. The van der Waals surface area contributed by atoms with Crippen molar-refractivity contribution in [3.8, 4) is 23.0 Å². The molecule has 2 amide bonds. The number of nitrogens with zero attached hydrogens (tertiary/aromatic N) is 3. The van der Waals surface area contributed by atoms with Gasteiger partial charge in [0.25, 0.3) is 11.8 Å². The molecule has 14 nitrogen and oxygen atoms in total. The van der Waals surface area contributed by atoms with Gasteiger partial charge in [0.1, 0.15) is 27.9 Å². The highest BCUT2D eigenvalue weighted by Gasteiger charge is 2.32. The molecule has 58 heavy (non-hydrogen) atoms. The first-order valence-corrected chi connectivity index (χ1v) is 20.0. The van der Waals surface area contributed by atoms with Crippen LogP contribution in [0.3, 0.4) is 0 Å². The monoisotopic (exact) mass is 796 g/mol. The number of rotatable bonds is 24. The van der Waals surface area contributed by atoms with Crippen LogP contribution in [0.1, 0.15) is 81.5 Å². The Kier molecular flexibility index (Phi) is 14.5. The van der Waals surface area contributed by atoms with E-state index in [2.05, 4.69) is 10.6 Å². The molecule has 4 aromatic carbocycles. The molecule has 0 fully saturated rings. The number of anilines is 2. The maximum atomic E-state index is 13.2. The lowest BCUT2D eigenvalue weighted by molar-refractivity contribution is -0.981. The van der Waals surface area contributed by atoms with Gasteiger partial charge in [0.05, 0.1) is 25.6 Å². The first-order valence-electron chi connectivity index (χ1n) is 20.0. The normalized spacial score (nSPS) is 13.0. The van der Waals surface area contributed by atoms with Gasteiger partial charge in [-0.1, -0.05) is 24.3 Å². The number of ether oxygens (including phenoxy) is 2. The SMILES string of the molecule is COc1ccc2c(c1NCCCCCO[N+](=O)OCCCCCNc1c(OC)ccc3c1CN(CCc1ccc(O)cc1)C3=O)CN(CCc1ccc(O)cc1)C2=O. The molecule has 14 heteroatoms. The van der Waals surface area contributed by atoms with Gasteiger partial charge in [-0.2, -0.15) is 9.68 Å². The highest BCUT2D eigenvalue weighted by molar-refractivity contribution is 6.01. The van der Waals surface area contributed by atoms with Gasteiger partial charge < -0.3 is 40.1 Å². The van der Waals surface area contributed by atoms with Crippen molar-refractivity contribution in [3.05, 3.63) is 111 Å². The van der Waals surface area contributed by atoms with Crippen molar-refractivity contribution in [2.75, 3.05) is 64.2 Å². The minimum absolute atomic E-state index is 0.00289. The summed E-state index contributed by atoms with van der Waals surface area (Å²) in [4.78, 5) is 52.5. The number of benzene rings is 4. The molecule has 2 aliphatic rings. The van der Waals surface area contributed by atoms with Gasteiger partial charge in [-0.3, -0.25) is 9.59 Å². The highest BCUT2D eigenvalue weighted by Crippen LogP contribution is 2.38. The molecule has 0 aliphatic carbocycles. The standard InChI is InChI=1S/C44H53N5O9/c1-55-39-19-17-35-37(29-47(43(35)52)25-21-31-9-13-33(50)14-10-31)41(39)45-23-5-3-7-27-57-49(54)58-28-8-4-6-24-46-42-38-30-48(26-22-32-11-15-34(51)16-12-32)44(53)36(38)18-20-40(42)56-2/h9-20,45-46H,3-8,21-30H2,1-2H3,(H-,50,51)/p+1. The van der Waals surface area contributed by atoms with Crippen LogP contribution in [-0.4, -0.2) is 90.5 Å². The number of phenols is 2. The second-order valence-electron chi connectivity index (χ2n) is 14.5. The van der Waals surface area contributed by atoms with E-state index in [4.69, 9.17) is 19.1 Å². The third-order valence-corrected chi connectivity index (χ3v) is 10.6. The van der Waals surface area contributed by atoms with E-state index in [9.17, 15) is 24.7 Å². The summed E-state index contributed by atoms with van der Waals surface area (Å²) in [7, 11) is 3.24. The third kappa shape index (κ3) is 10.6. The summed E-state index contributed by atoms with van der Waals surface area (Å²) in [6.45, 7) is 3.93. The predicted molar refractivity (Wildman–Crippen MR) is 219 cm³/mol. The van der Waals surface area contributed by atoms with Crippen molar-refractivity contribution in [1.82, 2.24) is 9.80 Å². The van der Waals surface area contributed by atoms with Crippen molar-refractivity contribution in [2.45, 2.75) is 64.5 Å². The maximum Gasteiger partial charge on any atom is 0.477 e. The molecule has 308 valence electrons. The van der Waals surface area contributed by atoms with Crippen LogP contribution in [0.15, 0.2) is 72.8 Å². The zero-order valence-electron chi connectivity index (χ0n) is 33.3. The molecule has 0 radical (unpaired) electrons. The van der Waals surface area contributed by atoms with Gasteiger partial charge in [-0.25, -0.2) is 0 Å². The van der Waals surface area contributed by atoms with Crippen LogP contribution in [-0.2, 0) is 35.6 Å². The van der Waals surface area contributed by atoms with Crippen LogP contribution in [0.25, 0.3) is 0 Å². The van der Waals surface area contributed by atoms with E-state index in [0.717, 1.165) is 59.3 Å². The number of nitrogens with one attached hydrogen (secondary N) is 2. The average Bonchev–Trinajstić information content (AvgIpc) is 3.74. The number of fused-ring (bicyclic) bond motifs is 2. The Bertz CT molecular complexity index is 1880. The molecule has 0 aromatic heterocycles. The number of aromatic hydroxyl groups is 2. The molecule has 4 aromatic rings. The quantitative estimate of drug-likeness (QED) is 0.0426. The molecule has 0 spiro atoms. The summed E-state index contributed by atoms with van der Waals surface area (Å²) in [5, 5.41) is 26.2. The highest BCUT2D eigenvalue weighted by atomic mass is 17.0. The lowest BCUT2D eigenvalue weighted by Gasteiger charge is -2.17. The fourth-order valence-electron chi connectivity index (χ4n) is 7.34. The van der Waals surface area contributed by atoms with Crippen LogP contribution < -0.4 is 20.1 Å². The summed E-state index contributed by atoms with van der Waals surface area (Å²) in [6, 6.07) is 21.4. The minimum Gasteiger partial charge on any atom is -0.508 e. The number of unbranched alkanes of at least 4 members (excludes halogenated alkanes) is 4. The van der Waals surface area contributed by atoms with Gasteiger partial charge in [-0.05, 0) is 111 Å². The second-order valence-corrected chi connectivity index (χ2v) is 14.5. The van der Waals surface area contributed by atoms with E-state index < -0.39 is 0 Å². The summed E-state index contributed by atoms with van der Waals surface area (Å²) in [5.74, 6) is 1.81. The van der Waals surface area contributed by atoms with Gasteiger partial charge in [0, 0.05) is 61.5 Å². The Balaban J connectivity index is 0.829. The zero-order chi connectivity index (χ0) is 40.9. The summed E-state index contributed by atoms with van der Waals surface area (Å²) >= 11 is 0. The number of amides is 2. The fraction of sp³-hybridized carbons (Fsp3) is 0.409. The van der Waals surface area contributed by atoms with Crippen LogP contribution in [0.5, 0.6) is 23.0 Å². The molecular weight excluding hydrogens is 743 g/mol. The molecule has 0 saturated heterocycles. The molecule has 0 bridgehead atoms. The van der Waals surface area contributed by atoms with Gasteiger partial charge >= 0.3 is 5.09 Å². The second kappa shape index (κ2) is 20.3. The Labute approximate surface area is 339 Å². The van der Waals surface area contributed by atoms with Crippen molar-refractivity contribution in [1.29, 1.82) is 0 Å². The number of hydrogen-bond acceptors (Lipinski definition) is 11. The Morgan fingerprint density at radius 3 is 1.40 bits per heavy atom. The predicted octanol–water partition coefficient (Wildman–Crippen LogP) is 7.02. The Morgan fingerprint density at radius 2 is 1.00 bits per heavy atom. The van der Waals surface area contributed by atoms with Crippen LogP contribution in [0.4, 0.5) is 11.4 Å². The van der Waals surface area contributed by atoms with Crippen molar-refractivity contribution >= 4 is 23.2 Å². The van der Waals surface area contributed by atoms with Gasteiger partial charge in [0.15, 0.2) is 13.2 Å². The first-order chi connectivity index (χ1) is 28.2. The van der Waals surface area contributed by atoms with Crippen LogP contribution >= 0.6 is 0 Å². The lowest BCUT2D eigenvalue weighted by Crippen LogP contribution is -2.26. The molecular formula is C44H54N5O9+. The molecule has 0 unspecified atom stereocenters. The van der Waals surface area contributed by atoms with E-state index in [0.29, 0.717) is 87.6 Å². The maximum absolute atomic E-state index is 13.2. The molecule has 2 aliphatic heterocycles. The Morgan fingerprint density at radius 1 is 0.586 bits per heavy atom. The number of phenolic OH excluding ortho intramolecular Hbond substituents is 2. The summed E-state index contributed by atoms with van der Waals surface area (Å²) in [6.07, 6.45) is 6.04. The molecule has 0 atom stereocenters. The summed E-state index contributed by atoms with van der Waals surface area (Å²) < 4.78 is 11.2. The number of carbonyl (C=O) groups is 2. The molecule has 2 heterocycles. The number of hydrogen-bond donors (Lipinski definition) is 4. The lowest BCUT2D eigenvalue weighted by atomic mass is 10.1. The third-order valence-electron chi connectivity index (χ3n) is 10.6. The van der Waals surface area contributed by atoms with Gasteiger partial charge in [-0.15, -0.1) is 0 Å². The zero-order valence-corrected chi connectivity index (χ0v) is 33.3. The van der Waals surface area contributed by atoms with Crippen LogP contribution in [0.2, 0.25) is 0 Å². The molecule has 4 N–H and O–H groups in total. The van der Waals surface area contributed by atoms with E-state index in [1.807, 2.05) is 58.3 Å². The topological polar surface area (TPSA) is 162 Å².